The van der Waals surface area contributed by atoms with E-state index in [-0.39, 0.29) is 11.9 Å². The van der Waals surface area contributed by atoms with Crippen LogP contribution in [0.5, 0.6) is 0 Å². The van der Waals surface area contributed by atoms with Crippen molar-refractivity contribution in [3.63, 3.8) is 0 Å². The lowest BCUT2D eigenvalue weighted by Crippen LogP contribution is -2.31. The summed E-state index contributed by atoms with van der Waals surface area (Å²) in [7, 11) is 0. The molecule has 0 amide bonds. The molecule has 0 spiro atoms. The largest absolute Gasteiger partial charge is 0.334 e. The van der Waals surface area contributed by atoms with E-state index in [0.29, 0.717) is 11.4 Å². The second-order valence-corrected chi connectivity index (χ2v) is 4.64. The van der Waals surface area contributed by atoms with Crippen LogP contribution in [0.1, 0.15) is 24.4 Å². The molecule has 2 aromatic rings. The van der Waals surface area contributed by atoms with Crippen LogP contribution >= 0.6 is 11.6 Å². The molecule has 0 saturated carbocycles. The molecule has 0 radical (unpaired) electrons. The Labute approximate surface area is 116 Å². The van der Waals surface area contributed by atoms with Gasteiger partial charge in [-0.3, -0.25) is 5.84 Å². The van der Waals surface area contributed by atoms with E-state index in [2.05, 4.69) is 10.4 Å². The molecule has 1 aromatic heterocycles. The molecule has 0 aliphatic carbocycles. The number of hydrogen-bond donors (Lipinski definition) is 2. The highest BCUT2D eigenvalue weighted by molar-refractivity contribution is 6.31. The number of aryl methyl sites for hydroxylation is 1. The predicted molar refractivity (Wildman–Crippen MR) is 73.1 cm³/mol. The zero-order valence-electron chi connectivity index (χ0n) is 10.6. The van der Waals surface area contributed by atoms with Gasteiger partial charge < -0.3 is 4.57 Å². The van der Waals surface area contributed by atoms with E-state index in [1.165, 1.54) is 12.1 Å². The van der Waals surface area contributed by atoms with Crippen LogP contribution in [-0.4, -0.2) is 9.55 Å². The van der Waals surface area contributed by atoms with Crippen LogP contribution in [0.2, 0.25) is 5.02 Å². The Morgan fingerprint density at radius 2 is 2.32 bits per heavy atom. The van der Waals surface area contributed by atoms with E-state index in [1.807, 2.05) is 17.7 Å². The summed E-state index contributed by atoms with van der Waals surface area (Å²) in [5.41, 5.74) is 3.56. The number of nitrogens with zero attached hydrogens (tertiary/aromatic N) is 2. The van der Waals surface area contributed by atoms with Gasteiger partial charge in [0.25, 0.3) is 0 Å². The Kier molecular flexibility index (Phi) is 4.52. The van der Waals surface area contributed by atoms with Crippen molar-refractivity contribution < 1.29 is 4.39 Å². The molecular weight excluding hydrogens is 267 g/mol. The van der Waals surface area contributed by atoms with Crippen molar-refractivity contribution in [1.29, 1.82) is 0 Å². The molecule has 0 fully saturated rings. The Balaban J connectivity index is 2.24. The average Bonchev–Trinajstić information content (AvgIpc) is 2.86. The molecule has 1 aromatic carbocycles. The second kappa shape index (κ2) is 6.14. The summed E-state index contributed by atoms with van der Waals surface area (Å²) in [6.07, 6.45) is 4.17. The molecule has 1 heterocycles. The first-order valence-electron chi connectivity index (χ1n) is 6.06. The highest BCUT2D eigenvalue weighted by Crippen LogP contribution is 2.23. The van der Waals surface area contributed by atoms with Gasteiger partial charge in [-0.15, -0.1) is 0 Å². The lowest BCUT2D eigenvalue weighted by molar-refractivity contribution is 0.495. The third kappa shape index (κ3) is 3.12. The number of nitrogens with two attached hydrogens (primary N) is 1. The van der Waals surface area contributed by atoms with Crippen molar-refractivity contribution in [2.75, 3.05) is 0 Å². The molecule has 1 atom stereocenters. The molecule has 102 valence electrons. The van der Waals surface area contributed by atoms with Crippen molar-refractivity contribution in [3.8, 4) is 0 Å². The van der Waals surface area contributed by atoms with Crippen molar-refractivity contribution >= 4 is 11.6 Å². The van der Waals surface area contributed by atoms with Gasteiger partial charge in [0.05, 0.1) is 6.04 Å². The highest BCUT2D eigenvalue weighted by atomic mass is 35.5. The molecule has 3 N–H and O–H groups in total. The molecule has 1 unspecified atom stereocenters. The summed E-state index contributed by atoms with van der Waals surface area (Å²) in [6, 6.07) is 4.19. The van der Waals surface area contributed by atoms with Crippen LogP contribution in [0.15, 0.2) is 30.6 Å². The Morgan fingerprint density at radius 1 is 1.53 bits per heavy atom. The first-order chi connectivity index (χ1) is 9.15. The molecule has 0 bridgehead atoms. The third-order valence-electron chi connectivity index (χ3n) is 3.04. The van der Waals surface area contributed by atoms with E-state index in [1.54, 1.807) is 12.3 Å². The van der Waals surface area contributed by atoms with Gasteiger partial charge in [-0.25, -0.2) is 14.8 Å². The molecule has 0 aliphatic heterocycles. The molecule has 0 saturated heterocycles. The number of benzene rings is 1. The van der Waals surface area contributed by atoms with Crippen LogP contribution in [0, 0.1) is 5.82 Å². The molecule has 4 nitrogen and oxygen atoms in total. The summed E-state index contributed by atoms with van der Waals surface area (Å²) < 4.78 is 15.0. The monoisotopic (exact) mass is 282 g/mol. The fourth-order valence-electron chi connectivity index (χ4n) is 2.03. The maximum absolute atomic E-state index is 13.0. The van der Waals surface area contributed by atoms with E-state index in [0.717, 1.165) is 17.9 Å². The lowest BCUT2D eigenvalue weighted by Gasteiger charge is -2.17. The van der Waals surface area contributed by atoms with Gasteiger partial charge >= 0.3 is 0 Å². The topological polar surface area (TPSA) is 55.9 Å². The number of halogens is 2. The summed E-state index contributed by atoms with van der Waals surface area (Å²) in [5.74, 6) is 6.09. The average molecular weight is 283 g/mol. The lowest BCUT2D eigenvalue weighted by atomic mass is 10.1. The summed E-state index contributed by atoms with van der Waals surface area (Å²) >= 11 is 6.03. The van der Waals surface area contributed by atoms with Crippen molar-refractivity contribution in [3.05, 3.63) is 52.8 Å². The minimum Gasteiger partial charge on any atom is -0.334 e. The van der Waals surface area contributed by atoms with Gasteiger partial charge in [0.1, 0.15) is 11.6 Å². The third-order valence-corrected chi connectivity index (χ3v) is 3.39. The summed E-state index contributed by atoms with van der Waals surface area (Å²) in [5, 5.41) is 0.398. The number of hydrogen-bond acceptors (Lipinski definition) is 3. The van der Waals surface area contributed by atoms with Crippen LogP contribution in [0.3, 0.4) is 0 Å². The number of hydrazine groups is 1. The first kappa shape index (κ1) is 14.0. The van der Waals surface area contributed by atoms with Crippen molar-refractivity contribution in [2.24, 2.45) is 5.84 Å². The number of rotatable bonds is 5. The summed E-state index contributed by atoms with van der Waals surface area (Å²) in [6.45, 7) is 2.84. The predicted octanol–water partition coefficient (Wildman–Crippen LogP) is 2.44. The zero-order valence-corrected chi connectivity index (χ0v) is 11.4. The van der Waals surface area contributed by atoms with Gasteiger partial charge in [0, 0.05) is 24.0 Å². The van der Waals surface area contributed by atoms with Gasteiger partial charge in [0.15, 0.2) is 0 Å². The van der Waals surface area contributed by atoms with Gasteiger partial charge in [-0.2, -0.15) is 0 Å². The van der Waals surface area contributed by atoms with Crippen LogP contribution in [0.25, 0.3) is 0 Å². The van der Waals surface area contributed by atoms with Crippen LogP contribution in [-0.2, 0) is 13.0 Å². The summed E-state index contributed by atoms with van der Waals surface area (Å²) in [4.78, 5) is 4.30. The minimum absolute atomic E-state index is 0.169. The highest BCUT2D eigenvalue weighted by Gasteiger charge is 2.17. The molecular formula is C13H16ClFN4. The molecule has 0 aliphatic rings. The Morgan fingerprint density at radius 3 is 2.95 bits per heavy atom. The number of imidazole rings is 1. The van der Waals surface area contributed by atoms with Gasteiger partial charge in [-0.05, 0) is 31.0 Å². The second-order valence-electron chi connectivity index (χ2n) is 4.23. The van der Waals surface area contributed by atoms with Gasteiger partial charge in [0.2, 0.25) is 0 Å². The zero-order chi connectivity index (χ0) is 13.8. The smallest absolute Gasteiger partial charge is 0.127 e. The van der Waals surface area contributed by atoms with E-state index in [4.69, 9.17) is 17.4 Å². The Hall–Kier alpha value is -1.43. The van der Waals surface area contributed by atoms with E-state index in [9.17, 15) is 4.39 Å². The van der Waals surface area contributed by atoms with Crippen LogP contribution in [0.4, 0.5) is 4.39 Å². The van der Waals surface area contributed by atoms with Gasteiger partial charge in [-0.1, -0.05) is 17.7 Å². The Bertz CT molecular complexity index is 555. The molecule has 19 heavy (non-hydrogen) atoms. The maximum atomic E-state index is 13.0. The standard InChI is InChI=1S/C13H16ClFN4/c1-2-19-6-5-17-13(19)12(18-16)7-9-3-4-10(15)8-11(9)14/h3-6,8,12,18H,2,7,16H2,1H3. The normalized spacial score (nSPS) is 12.6. The van der Waals surface area contributed by atoms with Crippen molar-refractivity contribution in [1.82, 2.24) is 15.0 Å². The van der Waals surface area contributed by atoms with E-state index < -0.39 is 0 Å². The number of aromatic nitrogens is 2. The fourth-order valence-corrected chi connectivity index (χ4v) is 2.27. The fraction of sp³-hybridized carbons (Fsp3) is 0.308. The quantitative estimate of drug-likeness (QED) is 0.654. The minimum atomic E-state index is -0.346. The van der Waals surface area contributed by atoms with Crippen LogP contribution < -0.4 is 11.3 Å². The maximum Gasteiger partial charge on any atom is 0.127 e. The van der Waals surface area contributed by atoms with E-state index >= 15 is 0 Å². The molecule has 2 rings (SSSR count). The SMILES string of the molecule is CCn1ccnc1C(Cc1ccc(F)cc1Cl)NN. The molecule has 6 heteroatoms. The van der Waals surface area contributed by atoms with Crippen molar-refractivity contribution in [2.45, 2.75) is 25.9 Å². The first-order valence-corrected chi connectivity index (χ1v) is 6.44. The number of nitrogens with one attached hydrogen (secondary N) is 1.